The van der Waals surface area contributed by atoms with Crippen LogP contribution >= 0.6 is 12.4 Å². The lowest BCUT2D eigenvalue weighted by Gasteiger charge is -2.57. The molecule has 0 unspecified atom stereocenters. The second kappa shape index (κ2) is 13.9. The number of hydrogen-bond donors (Lipinski definition) is 2. The summed E-state index contributed by atoms with van der Waals surface area (Å²) in [5, 5.41) is 10.5. The highest BCUT2D eigenvalue weighted by Gasteiger charge is 2.47. The average Bonchev–Trinajstić information content (AvgIpc) is 2.94. The Morgan fingerprint density at radius 2 is 1.12 bits per heavy atom. The first-order valence-electron chi connectivity index (χ1n) is 14.6. The van der Waals surface area contributed by atoms with Crippen molar-refractivity contribution in [3.8, 4) is 0 Å². The van der Waals surface area contributed by atoms with Gasteiger partial charge in [0.25, 0.3) is 0 Å². The maximum atomic E-state index is 12.2. The van der Waals surface area contributed by atoms with E-state index in [1.807, 2.05) is 25.7 Å². The number of amides is 1. The number of benzene rings is 2. The minimum Gasteiger partial charge on any atom is -0.444 e. The van der Waals surface area contributed by atoms with Crippen molar-refractivity contribution < 1.29 is 14.6 Å². The van der Waals surface area contributed by atoms with Crippen LogP contribution in [0.3, 0.4) is 0 Å². The van der Waals surface area contributed by atoms with Crippen molar-refractivity contribution >= 4 is 29.9 Å². The number of rotatable bonds is 2. The van der Waals surface area contributed by atoms with Gasteiger partial charge in [0.2, 0.25) is 0 Å². The minimum atomic E-state index is -0.418. The lowest BCUT2D eigenvalue weighted by molar-refractivity contribution is 0.0130. The summed E-state index contributed by atoms with van der Waals surface area (Å²) < 4.78 is 5.48. The predicted octanol–water partition coefficient (Wildman–Crippen LogP) is 5.72. The van der Waals surface area contributed by atoms with Gasteiger partial charge in [0.1, 0.15) is 5.60 Å². The summed E-state index contributed by atoms with van der Waals surface area (Å²) in [5.41, 5.74) is 3.04. The van der Waals surface area contributed by atoms with Crippen molar-refractivity contribution in [1.82, 2.24) is 10.2 Å². The molecule has 4 saturated heterocycles. The molecule has 1 amide bonds. The lowest BCUT2D eigenvalue weighted by Crippen LogP contribution is -2.65. The molecule has 2 spiro atoms. The third-order valence-corrected chi connectivity index (χ3v) is 8.76. The zero-order valence-electron chi connectivity index (χ0n) is 24.8. The van der Waals surface area contributed by atoms with Crippen LogP contribution < -0.4 is 15.1 Å². The molecule has 7 nitrogen and oxygen atoms in total. The Hall–Kier alpha value is -2.48. The first-order chi connectivity index (χ1) is 18.8. The second-order valence-electron chi connectivity index (χ2n) is 12.1. The Kier molecular flexibility index (Phi) is 11.2. The molecule has 0 radical (unpaired) electrons. The van der Waals surface area contributed by atoms with Crippen LogP contribution in [-0.4, -0.2) is 79.2 Å². The lowest BCUT2D eigenvalue weighted by atomic mass is 9.76. The zero-order valence-corrected chi connectivity index (χ0v) is 25.6. The van der Waals surface area contributed by atoms with Gasteiger partial charge in [0.05, 0.1) is 0 Å². The summed E-state index contributed by atoms with van der Waals surface area (Å²) in [7, 11) is 1.00. The molecule has 8 heteroatoms. The summed E-state index contributed by atoms with van der Waals surface area (Å²) in [6, 6.07) is 21.5. The predicted molar refractivity (Wildman–Crippen MR) is 167 cm³/mol. The van der Waals surface area contributed by atoms with E-state index in [0.717, 1.165) is 39.6 Å². The number of halogens is 1. The molecule has 4 aliphatic heterocycles. The molecular weight excluding hydrogens is 524 g/mol. The summed E-state index contributed by atoms with van der Waals surface area (Å²) in [4.78, 5) is 19.2. The van der Waals surface area contributed by atoms with Crippen molar-refractivity contribution in [2.75, 3.05) is 56.2 Å². The maximum absolute atomic E-state index is 12.2. The molecule has 6 rings (SSSR count). The number of nitrogens with zero attached hydrogens (tertiary/aromatic N) is 3. The highest BCUT2D eigenvalue weighted by molar-refractivity contribution is 5.85. The molecule has 0 aromatic heterocycles. The molecule has 4 fully saturated rings. The Labute approximate surface area is 247 Å². The topological polar surface area (TPSA) is 68.3 Å². The summed E-state index contributed by atoms with van der Waals surface area (Å²) in [5.74, 6) is 0. The first kappa shape index (κ1) is 32.0. The fourth-order valence-electron chi connectivity index (χ4n) is 6.47. The molecule has 0 bridgehead atoms. The summed E-state index contributed by atoms with van der Waals surface area (Å²) in [6.45, 7) is 12.1. The number of ether oxygens (including phenoxy) is 1. The smallest absolute Gasteiger partial charge is 0.410 e. The SMILES string of the molecule is CC(C)(C)OC(=O)N1CCC2(CC1)CCN2c1ccccc1.CO.Cl.c1ccc(N2CCC23CCNCC3)cc1. The third-order valence-electron chi connectivity index (χ3n) is 8.76. The maximum Gasteiger partial charge on any atom is 0.410 e. The van der Waals surface area contributed by atoms with Crippen molar-refractivity contribution in [3.63, 3.8) is 0 Å². The summed E-state index contributed by atoms with van der Waals surface area (Å²) >= 11 is 0. The van der Waals surface area contributed by atoms with Gasteiger partial charge < -0.3 is 29.9 Å². The number of para-hydroxylation sites is 2. The largest absolute Gasteiger partial charge is 0.444 e. The normalized spacial score (nSPS) is 20.5. The van der Waals surface area contributed by atoms with Crippen molar-refractivity contribution in [3.05, 3.63) is 60.7 Å². The zero-order chi connectivity index (χ0) is 27.9. The summed E-state index contributed by atoms with van der Waals surface area (Å²) in [6.07, 6.45) is 7.10. The van der Waals surface area contributed by atoms with Gasteiger partial charge in [-0.2, -0.15) is 0 Å². The van der Waals surface area contributed by atoms with Crippen LogP contribution in [-0.2, 0) is 4.74 Å². The van der Waals surface area contributed by atoms with Gasteiger partial charge in [-0.25, -0.2) is 4.79 Å². The Bertz CT molecular complexity index is 1030. The van der Waals surface area contributed by atoms with E-state index in [0.29, 0.717) is 5.54 Å². The van der Waals surface area contributed by atoms with E-state index in [1.165, 1.54) is 56.7 Å². The monoisotopic (exact) mass is 572 g/mol. The standard InChI is InChI=1S/C18H26N2O2.C13H18N2.CH4O.ClH/c1-17(2,3)22-16(21)19-12-9-18(10-13-19)11-14-20(18)15-7-5-4-6-8-15;1-2-4-12(5-3-1)15-11-8-13(15)6-9-14-10-7-13;1-2;/h4-8H,9-14H2,1-3H3;1-5,14H,6-11H2;2H,1H3;1H. The number of hydrogen-bond acceptors (Lipinski definition) is 6. The second-order valence-corrected chi connectivity index (χ2v) is 12.1. The highest BCUT2D eigenvalue weighted by atomic mass is 35.5. The number of nitrogens with one attached hydrogen (secondary N) is 1. The van der Waals surface area contributed by atoms with Crippen LogP contribution in [0.1, 0.15) is 59.3 Å². The van der Waals surface area contributed by atoms with Gasteiger partial charge in [-0.15, -0.1) is 12.4 Å². The molecule has 2 aromatic rings. The Morgan fingerprint density at radius 1 is 0.725 bits per heavy atom. The highest BCUT2D eigenvalue weighted by Crippen LogP contribution is 2.43. The third kappa shape index (κ3) is 7.23. The fraction of sp³-hybridized carbons (Fsp3) is 0.594. The number of carbonyl (C=O) groups excluding carboxylic acids is 1. The van der Waals surface area contributed by atoms with Crippen molar-refractivity contribution in [2.45, 2.75) is 76.0 Å². The molecule has 2 N–H and O–H groups in total. The molecule has 4 aliphatic rings. The van der Waals surface area contributed by atoms with Crippen LogP contribution in [0.4, 0.5) is 16.2 Å². The van der Waals surface area contributed by atoms with Gasteiger partial charge in [0.15, 0.2) is 0 Å². The molecule has 222 valence electrons. The minimum absolute atomic E-state index is 0. The number of likely N-dealkylation sites (tertiary alicyclic amines) is 1. The van der Waals surface area contributed by atoms with Crippen molar-refractivity contribution in [1.29, 1.82) is 0 Å². The van der Waals surface area contributed by atoms with Crippen molar-refractivity contribution in [2.24, 2.45) is 0 Å². The van der Waals surface area contributed by atoms with E-state index in [4.69, 9.17) is 9.84 Å². The number of aliphatic hydroxyl groups is 1. The van der Waals surface area contributed by atoms with Gasteiger partial charge in [-0.1, -0.05) is 36.4 Å². The molecule has 2 aromatic carbocycles. The van der Waals surface area contributed by atoms with Gasteiger partial charge in [-0.3, -0.25) is 0 Å². The van der Waals surface area contributed by atoms with Crippen LogP contribution in [0.5, 0.6) is 0 Å². The number of aliphatic hydroxyl groups excluding tert-OH is 1. The van der Waals surface area contributed by atoms with Crippen LogP contribution in [0.25, 0.3) is 0 Å². The van der Waals surface area contributed by atoms with E-state index in [2.05, 4.69) is 75.8 Å². The Balaban J connectivity index is 0.000000214. The number of anilines is 2. The molecule has 0 aliphatic carbocycles. The average molecular weight is 573 g/mol. The number of piperidine rings is 2. The van der Waals surface area contributed by atoms with Crippen LogP contribution in [0.2, 0.25) is 0 Å². The molecule has 0 atom stereocenters. The fourth-order valence-corrected chi connectivity index (χ4v) is 6.47. The molecule has 40 heavy (non-hydrogen) atoms. The van der Waals surface area contributed by atoms with Gasteiger partial charge in [0, 0.05) is 55.7 Å². The van der Waals surface area contributed by atoms with E-state index < -0.39 is 5.60 Å². The van der Waals surface area contributed by atoms with E-state index >= 15 is 0 Å². The molecule has 0 saturated carbocycles. The van der Waals surface area contributed by atoms with E-state index in [1.54, 1.807) is 0 Å². The number of carbonyl (C=O) groups is 1. The Morgan fingerprint density at radius 3 is 1.50 bits per heavy atom. The van der Waals surface area contributed by atoms with Gasteiger partial charge >= 0.3 is 6.09 Å². The molecular formula is C32H49ClN4O3. The quantitative estimate of drug-likeness (QED) is 0.480. The first-order valence-corrected chi connectivity index (χ1v) is 14.6. The van der Waals surface area contributed by atoms with Gasteiger partial charge in [-0.05, 0) is 96.7 Å². The van der Waals surface area contributed by atoms with Crippen LogP contribution in [0.15, 0.2) is 60.7 Å². The van der Waals surface area contributed by atoms with Crippen LogP contribution in [0, 0.1) is 0 Å². The molecule has 4 heterocycles. The van der Waals surface area contributed by atoms with E-state index in [-0.39, 0.29) is 24.0 Å². The van der Waals surface area contributed by atoms with E-state index in [9.17, 15) is 4.79 Å².